The minimum absolute atomic E-state index is 0.110. The maximum absolute atomic E-state index is 14.1. The van der Waals surface area contributed by atoms with Crippen molar-refractivity contribution in [3.05, 3.63) is 40.9 Å². The molecule has 1 N–H and O–H groups in total. The van der Waals surface area contributed by atoms with Crippen molar-refractivity contribution in [1.82, 2.24) is 14.8 Å². The van der Waals surface area contributed by atoms with Crippen molar-refractivity contribution in [2.45, 2.75) is 78.0 Å². The number of ether oxygens (including phenoxy) is 3. The molecule has 0 saturated heterocycles. The van der Waals surface area contributed by atoms with Gasteiger partial charge in [0, 0.05) is 12.6 Å². The Kier molecular flexibility index (Phi) is 7.56. The number of nitrogens with one attached hydrogen (secondary N) is 1. The molecule has 0 spiro atoms. The normalized spacial score (nSPS) is 19.6. The number of aromatic nitrogens is 1. The summed E-state index contributed by atoms with van der Waals surface area (Å²) >= 11 is 1.60. The van der Waals surface area contributed by atoms with Crippen molar-refractivity contribution < 1.29 is 23.8 Å². The van der Waals surface area contributed by atoms with E-state index in [1.54, 1.807) is 16.2 Å². The van der Waals surface area contributed by atoms with Crippen LogP contribution in [0.15, 0.2) is 29.6 Å². The number of benzene rings is 1. The van der Waals surface area contributed by atoms with E-state index >= 15 is 0 Å². The van der Waals surface area contributed by atoms with Gasteiger partial charge in [-0.2, -0.15) is 0 Å². The van der Waals surface area contributed by atoms with Gasteiger partial charge in [0.25, 0.3) is 5.91 Å². The smallest absolute Gasteiger partial charge is 0.271 e. The molecule has 0 radical (unpaired) electrons. The van der Waals surface area contributed by atoms with Crippen LogP contribution in [0.4, 0.5) is 0 Å². The Bertz CT molecular complexity index is 1300. The van der Waals surface area contributed by atoms with E-state index in [9.17, 15) is 9.59 Å². The molecule has 3 heterocycles. The summed E-state index contributed by atoms with van der Waals surface area (Å²) in [5.74, 6) is 1.43. The number of hydrogen-bond donors (Lipinski definition) is 1. The van der Waals surface area contributed by atoms with Crippen LogP contribution >= 0.6 is 11.3 Å². The predicted molar refractivity (Wildman–Crippen MR) is 148 cm³/mol. The molecular formula is C29H37N3O5S. The van der Waals surface area contributed by atoms with Crippen LogP contribution in [0.25, 0.3) is 10.2 Å². The number of rotatable bonds is 10. The van der Waals surface area contributed by atoms with Gasteiger partial charge in [-0.3, -0.25) is 9.59 Å². The fourth-order valence-corrected chi connectivity index (χ4v) is 6.47. The summed E-state index contributed by atoms with van der Waals surface area (Å²) in [4.78, 5) is 29.7. The van der Waals surface area contributed by atoms with E-state index in [0.717, 1.165) is 41.5 Å². The van der Waals surface area contributed by atoms with Crippen LogP contribution in [-0.4, -0.2) is 52.7 Å². The average molecular weight is 540 g/mol. The number of thiophene rings is 1. The third-order valence-corrected chi connectivity index (χ3v) is 8.39. The highest BCUT2D eigenvalue weighted by molar-refractivity contribution is 7.17. The predicted octanol–water partition coefficient (Wildman–Crippen LogP) is 5.37. The molecule has 2 amide bonds. The summed E-state index contributed by atoms with van der Waals surface area (Å²) in [6, 6.07) is 7.91. The van der Waals surface area contributed by atoms with Crippen LogP contribution in [0.5, 0.6) is 17.2 Å². The Hall–Kier alpha value is -3.20. The molecule has 8 nitrogen and oxygen atoms in total. The van der Waals surface area contributed by atoms with Gasteiger partial charge in [0.2, 0.25) is 11.7 Å². The molecule has 38 heavy (non-hydrogen) atoms. The second-order valence-electron chi connectivity index (χ2n) is 10.1. The lowest BCUT2D eigenvalue weighted by molar-refractivity contribution is -0.133. The van der Waals surface area contributed by atoms with Gasteiger partial charge in [-0.1, -0.05) is 12.8 Å². The Labute approximate surface area is 227 Å². The largest absolute Gasteiger partial charge is 0.490 e. The lowest BCUT2D eigenvalue weighted by Crippen LogP contribution is -2.64. The third kappa shape index (κ3) is 4.72. The Balaban J connectivity index is 1.56. The molecular weight excluding hydrogens is 502 g/mol. The van der Waals surface area contributed by atoms with Crippen LogP contribution in [0.3, 0.4) is 0 Å². The molecule has 204 valence electrons. The second-order valence-corrected chi connectivity index (χ2v) is 11.1. The van der Waals surface area contributed by atoms with Gasteiger partial charge in [-0.05, 0) is 75.7 Å². The van der Waals surface area contributed by atoms with Gasteiger partial charge in [-0.25, -0.2) is 0 Å². The molecule has 9 heteroatoms. The fourth-order valence-electron chi connectivity index (χ4n) is 5.65. The lowest BCUT2D eigenvalue weighted by Gasteiger charge is -2.44. The van der Waals surface area contributed by atoms with E-state index in [0.29, 0.717) is 49.3 Å². The molecule has 2 aliphatic rings. The van der Waals surface area contributed by atoms with Crippen LogP contribution in [-0.2, 0) is 17.9 Å². The van der Waals surface area contributed by atoms with Crippen LogP contribution in [0.1, 0.15) is 69.4 Å². The molecule has 1 saturated carbocycles. The highest BCUT2D eigenvalue weighted by atomic mass is 32.1. The van der Waals surface area contributed by atoms with Crippen LogP contribution in [0, 0.1) is 0 Å². The van der Waals surface area contributed by atoms with Crippen molar-refractivity contribution >= 4 is 33.4 Å². The first-order valence-corrected chi connectivity index (χ1v) is 14.5. The molecule has 1 aromatic carbocycles. The number of carbonyl (C=O) groups is 2. The van der Waals surface area contributed by atoms with E-state index < -0.39 is 5.54 Å². The van der Waals surface area contributed by atoms with E-state index in [2.05, 4.69) is 5.32 Å². The van der Waals surface area contributed by atoms with Crippen LogP contribution < -0.4 is 19.5 Å². The standard InChI is InChI=1S/C29H37N3O5S/c1-5-35-23-14-19(15-24(36-6-2)26(23)37-7-3)17-32-27(33)22-16-25-21(12-13-38-25)31(22)18-29(32,4)28(34)30-20-10-8-9-11-20/h12-16,20H,5-11,17-18H2,1-4H3,(H,30,34)/t29-/m0/s1. The zero-order valence-corrected chi connectivity index (χ0v) is 23.5. The van der Waals surface area contributed by atoms with Gasteiger partial charge in [0.05, 0.1) is 36.6 Å². The zero-order chi connectivity index (χ0) is 26.9. The van der Waals surface area contributed by atoms with Crippen molar-refractivity contribution in [3.8, 4) is 17.2 Å². The number of fused-ring (bicyclic) bond motifs is 3. The molecule has 1 aliphatic carbocycles. The number of nitrogens with zero attached hydrogens (tertiary/aromatic N) is 2. The topological polar surface area (TPSA) is 82.0 Å². The summed E-state index contributed by atoms with van der Waals surface area (Å²) in [6.45, 7) is 9.66. The van der Waals surface area contributed by atoms with Crippen molar-refractivity contribution in [2.24, 2.45) is 0 Å². The van der Waals surface area contributed by atoms with Crippen LogP contribution in [0.2, 0.25) is 0 Å². The van der Waals surface area contributed by atoms with Gasteiger partial charge >= 0.3 is 0 Å². The molecule has 0 bridgehead atoms. The second kappa shape index (κ2) is 10.9. The highest BCUT2D eigenvalue weighted by Gasteiger charge is 2.48. The molecule has 1 fully saturated rings. The zero-order valence-electron chi connectivity index (χ0n) is 22.7. The monoisotopic (exact) mass is 539 g/mol. The molecule has 2 aromatic heterocycles. The Morgan fingerprint density at radius 2 is 1.71 bits per heavy atom. The third-order valence-electron chi connectivity index (χ3n) is 7.54. The van der Waals surface area contributed by atoms with Gasteiger partial charge in [0.1, 0.15) is 11.2 Å². The summed E-state index contributed by atoms with van der Waals surface area (Å²) in [6.07, 6.45) is 4.20. The lowest BCUT2D eigenvalue weighted by atomic mass is 9.93. The minimum atomic E-state index is -1.07. The summed E-state index contributed by atoms with van der Waals surface area (Å²) in [5, 5.41) is 5.29. The van der Waals surface area contributed by atoms with E-state index in [1.807, 2.05) is 61.9 Å². The molecule has 0 unspecified atom stereocenters. The Morgan fingerprint density at radius 1 is 1.05 bits per heavy atom. The molecule has 3 aromatic rings. The molecule has 1 aliphatic heterocycles. The first kappa shape index (κ1) is 26.4. The van der Waals surface area contributed by atoms with Gasteiger partial charge in [-0.15, -0.1) is 11.3 Å². The summed E-state index contributed by atoms with van der Waals surface area (Å²) < 4.78 is 20.8. The van der Waals surface area contributed by atoms with E-state index in [-0.39, 0.29) is 24.4 Å². The van der Waals surface area contributed by atoms with E-state index in [1.165, 1.54) is 0 Å². The first-order valence-electron chi connectivity index (χ1n) is 13.6. The van der Waals surface area contributed by atoms with Crippen molar-refractivity contribution in [2.75, 3.05) is 19.8 Å². The average Bonchev–Trinajstić information content (AvgIpc) is 3.63. The first-order chi connectivity index (χ1) is 18.4. The Morgan fingerprint density at radius 3 is 2.34 bits per heavy atom. The molecule has 1 atom stereocenters. The van der Waals surface area contributed by atoms with Crippen molar-refractivity contribution in [3.63, 3.8) is 0 Å². The molecule has 5 rings (SSSR count). The maximum Gasteiger partial charge on any atom is 0.271 e. The van der Waals surface area contributed by atoms with Gasteiger partial charge in [0.15, 0.2) is 11.5 Å². The number of carbonyl (C=O) groups excluding carboxylic acids is 2. The fraction of sp³-hybridized carbons (Fsp3) is 0.517. The van der Waals surface area contributed by atoms with E-state index in [4.69, 9.17) is 14.2 Å². The minimum Gasteiger partial charge on any atom is -0.490 e. The highest BCUT2D eigenvalue weighted by Crippen LogP contribution is 2.41. The number of amides is 2. The number of hydrogen-bond acceptors (Lipinski definition) is 6. The van der Waals surface area contributed by atoms with Crippen molar-refractivity contribution in [1.29, 1.82) is 0 Å². The summed E-state index contributed by atoms with van der Waals surface area (Å²) in [5.41, 5.74) is 1.35. The van der Waals surface area contributed by atoms with Gasteiger partial charge < -0.3 is 29.0 Å². The summed E-state index contributed by atoms with van der Waals surface area (Å²) in [7, 11) is 0. The maximum atomic E-state index is 14.1. The SMILES string of the molecule is CCOc1cc(CN2C(=O)c3cc4sccc4n3C[C@@]2(C)C(=O)NC2CCCC2)cc(OCC)c1OCC. The quantitative estimate of drug-likeness (QED) is 0.375.